The summed E-state index contributed by atoms with van der Waals surface area (Å²) in [5, 5.41) is 8.83. The van der Waals surface area contributed by atoms with Crippen molar-refractivity contribution in [1.29, 1.82) is 0 Å². The van der Waals surface area contributed by atoms with Gasteiger partial charge in [-0.3, -0.25) is 24.8 Å². The fraction of sp³-hybridized carbons (Fsp3) is 0.258. The van der Waals surface area contributed by atoms with Gasteiger partial charge < -0.3 is 4.74 Å². The molecule has 0 atom stereocenters. The topological polar surface area (TPSA) is 85.1 Å². The first-order valence-electron chi connectivity index (χ1n) is 13.5. The first-order valence-corrected chi connectivity index (χ1v) is 13.5. The highest BCUT2D eigenvalue weighted by molar-refractivity contribution is 5.36. The second kappa shape index (κ2) is 14.1. The third kappa shape index (κ3) is 8.02. The van der Waals surface area contributed by atoms with Crippen LogP contribution in [0.1, 0.15) is 29.2 Å². The van der Waals surface area contributed by atoms with E-state index in [9.17, 15) is 0 Å². The quantitative estimate of drug-likeness (QED) is 0.205. The van der Waals surface area contributed by atoms with Gasteiger partial charge in [-0.15, -0.1) is 5.10 Å². The van der Waals surface area contributed by atoms with Gasteiger partial charge >= 0.3 is 0 Å². The molecule has 5 aromatic rings. The van der Waals surface area contributed by atoms with Crippen molar-refractivity contribution >= 4 is 0 Å². The molecular weight excluding hydrogens is 500 g/mol. The highest BCUT2D eigenvalue weighted by Crippen LogP contribution is 2.16. The van der Waals surface area contributed by atoms with E-state index in [1.54, 1.807) is 11.8 Å². The van der Waals surface area contributed by atoms with E-state index in [4.69, 9.17) is 4.74 Å². The third-order valence-corrected chi connectivity index (χ3v) is 6.55. The van der Waals surface area contributed by atoms with Gasteiger partial charge in [0.15, 0.2) is 0 Å². The van der Waals surface area contributed by atoms with Crippen LogP contribution in [0.4, 0.5) is 0 Å². The maximum Gasteiger partial charge on any atom is 0.119 e. The molecule has 0 saturated heterocycles. The van der Waals surface area contributed by atoms with E-state index in [1.807, 2.05) is 85.5 Å². The zero-order valence-electron chi connectivity index (χ0n) is 22.8. The minimum atomic E-state index is 0.674. The van der Waals surface area contributed by atoms with Crippen LogP contribution < -0.4 is 4.74 Å². The maximum atomic E-state index is 5.27. The monoisotopic (exact) mass is 534 g/mol. The highest BCUT2D eigenvalue weighted by Gasteiger charge is 2.14. The number of aromatic nitrogens is 6. The predicted molar refractivity (Wildman–Crippen MR) is 153 cm³/mol. The Labute approximate surface area is 235 Å². The Morgan fingerprint density at radius 3 is 1.57 bits per heavy atom. The number of nitrogens with zero attached hydrogens (tertiary/aromatic N) is 8. The van der Waals surface area contributed by atoms with Crippen molar-refractivity contribution in [3.63, 3.8) is 0 Å². The van der Waals surface area contributed by atoms with Gasteiger partial charge in [0, 0.05) is 57.9 Å². The second-order valence-corrected chi connectivity index (χ2v) is 9.59. The zero-order chi connectivity index (χ0) is 27.4. The van der Waals surface area contributed by atoms with Crippen molar-refractivity contribution in [1.82, 2.24) is 39.7 Å². The van der Waals surface area contributed by atoms with Crippen molar-refractivity contribution in [2.24, 2.45) is 0 Å². The average molecular weight is 535 g/mol. The van der Waals surface area contributed by atoms with Crippen LogP contribution in [0.3, 0.4) is 0 Å². The summed E-state index contributed by atoms with van der Waals surface area (Å²) in [4.78, 5) is 18.4. The first-order chi connectivity index (χ1) is 19.7. The molecular formula is C31H34N8O. The summed E-state index contributed by atoms with van der Waals surface area (Å²) in [6.45, 7) is 4.74. The summed E-state index contributed by atoms with van der Waals surface area (Å²) >= 11 is 0. The minimum Gasteiger partial charge on any atom is -0.497 e. The smallest absolute Gasteiger partial charge is 0.119 e. The molecule has 0 spiro atoms. The van der Waals surface area contributed by atoms with Crippen LogP contribution in [0.15, 0.2) is 104 Å². The van der Waals surface area contributed by atoms with Gasteiger partial charge in [-0.25, -0.2) is 4.68 Å². The van der Waals surface area contributed by atoms with Crippen LogP contribution in [0.25, 0.3) is 5.69 Å². The van der Waals surface area contributed by atoms with Crippen molar-refractivity contribution in [3.05, 3.63) is 126 Å². The highest BCUT2D eigenvalue weighted by atomic mass is 16.5. The molecule has 0 radical (unpaired) electrons. The molecule has 9 heteroatoms. The summed E-state index contributed by atoms with van der Waals surface area (Å²) < 4.78 is 7.07. The number of rotatable bonds is 14. The summed E-state index contributed by atoms with van der Waals surface area (Å²) in [7, 11) is 1.66. The second-order valence-electron chi connectivity index (χ2n) is 9.59. The Morgan fingerprint density at radius 1 is 0.625 bits per heavy atom. The van der Waals surface area contributed by atoms with E-state index < -0.39 is 0 Å². The lowest BCUT2D eigenvalue weighted by molar-refractivity contribution is 0.202. The van der Waals surface area contributed by atoms with E-state index in [1.165, 1.54) is 0 Å². The Kier molecular flexibility index (Phi) is 9.54. The van der Waals surface area contributed by atoms with E-state index >= 15 is 0 Å². The van der Waals surface area contributed by atoms with Gasteiger partial charge in [0.25, 0.3) is 0 Å². The Morgan fingerprint density at radius 2 is 1.12 bits per heavy atom. The SMILES string of the molecule is COc1ccc(-n2cc(CN(CCCN(Cc3ccccn3)Cc3ccccn3)Cc3ccccn3)nn2)cc1. The van der Waals surface area contributed by atoms with Gasteiger partial charge in [0.2, 0.25) is 0 Å². The molecule has 204 valence electrons. The van der Waals surface area contributed by atoms with Crippen LogP contribution >= 0.6 is 0 Å². The fourth-order valence-corrected chi connectivity index (χ4v) is 4.57. The molecule has 5 rings (SSSR count). The van der Waals surface area contributed by atoms with Gasteiger partial charge in [0.05, 0.1) is 41.8 Å². The fourth-order valence-electron chi connectivity index (χ4n) is 4.57. The van der Waals surface area contributed by atoms with Gasteiger partial charge in [-0.2, -0.15) is 0 Å². The summed E-state index contributed by atoms with van der Waals surface area (Å²) in [6.07, 6.45) is 8.50. The number of methoxy groups -OCH3 is 1. The molecule has 0 aliphatic carbocycles. The first kappa shape index (κ1) is 27.1. The minimum absolute atomic E-state index is 0.674. The third-order valence-electron chi connectivity index (χ3n) is 6.55. The molecule has 0 aliphatic rings. The molecule has 0 unspecified atom stereocenters. The standard InChI is InChI=1S/C31H34N8O/c1-40-31-14-12-30(13-15-31)39-25-29(35-36-39)24-38(23-28-11-4-7-18-34-28)20-8-19-37(21-26-9-2-5-16-32-26)22-27-10-3-6-17-33-27/h2-7,9-18,25H,8,19-24H2,1H3. The number of hydrogen-bond acceptors (Lipinski definition) is 8. The van der Waals surface area contributed by atoms with E-state index in [-0.39, 0.29) is 0 Å². The largest absolute Gasteiger partial charge is 0.497 e. The van der Waals surface area contributed by atoms with Crippen molar-refractivity contribution in [2.75, 3.05) is 20.2 Å². The number of benzene rings is 1. The molecule has 1 aromatic carbocycles. The van der Waals surface area contributed by atoms with Gasteiger partial charge in [0.1, 0.15) is 5.75 Å². The normalized spacial score (nSPS) is 11.3. The van der Waals surface area contributed by atoms with Gasteiger partial charge in [-0.1, -0.05) is 23.4 Å². The predicted octanol–water partition coefficient (Wildman–Crippen LogP) is 4.56. The molecule has 0 aliphatic heterocycles. The number of ether oxygens (including phenoxy) is 1. The Bertz CT molecular complexity index is 1370. The Hall–Kier alpha value is -4.47. The summed E-state index contributed by atoms with van der Waals surface area (Å²) in [5.41, 5.74) is 4.99. The molecule has 0 fully saturated rings. The maximum absolute atomic E-state index is 5.27. The van der Waals surface area contributed by atoms with Crippen LogP contribution in [0.5, 0.6) is 5.75 Å². The van der Waals surface area contributed by atoms with Crippen LogP contribution in [-0.4, -0.2) is 59.9 Å². The lowest BCUT2D eigenvalue weighted by Crippen LogP contribution is -2.30. The summed E-state index contributed by atoms with van der Waals surface area (Å²) in [5.74, 6) is 0.811. The molecule has 4 heterocycles. The lowest BCUT2D eigenvalue weighted by Gasteiger charge is -2.25. The van der Waals surface area contributed by atoms with Crippen molar-refractivity contribution in [2.45, 2.75) is 32.6 Å². The molecule has 0 N–H and O–H groups in total. The summed E-state index contributed by atoms with van der Waals surface area (Å²) in [6, 6.07) is 26.0. The van der Waals surface area contributed by atoms with Crippen LogP contribution in [0, 0.1) is 0 Å². The lowest BCUT2D eigenvalue weighted by atomic mass is 10.2. The average Bonchev–Trinajstić information content (AvgIpc) is 3.47. The van der Waals surface area contributed by atoms with Gasteiger partial charge in [-0.05, 0) is 67.1 Å². The van der Waals surface area contributed by atoms with Crippen molar-refractivity contribution in [3.8, 4) is 11.4 Å². The molecule has 0 bridgehead atoms. The van der Waals surface area contributed by atoms with Crippen LogP contribution in [0.2, 0.25) is 0 Å². The number of pyridine rings is 3. The van der Waals surface area contributed by atoms with Crippen LogP contribution in [-0.2, 0) is 26.2 Å². The van der Waals surface area contributed by atoms with E-state index in [0.29, 0.717) is 6.54 Å². The van der Waals surface area contributed by atoms with Crippen molar-refractivity contribution < 1.29 is 4.74 Å². The molecule has 0 amide bonds. The van der Waals surface area contributed by atoms with E-state index in [0.717, 1.165) is 73.4 Å². The Balaban J connectivity index is 1.25. The van der Waals surface area contributed by atoms with E-state index in [2.05, 4.69) is 53.3 Å². The zero-order valence-corrected chi connectivity index (χ0v) is 22.8. The molecule has 40 heavy (non-hydrogen) atoms. The molecule has 0 saturated carbocycles. The molecule has 4 aromatic heterocycles. The molecule has 9 nitrogen and oxygen atoms in total. The number of hydrogen-bond donors (Lipinski definition) is 0.